The summed E-state index contributed by atoms with van der Waals surface area (Å²) in [6.07, 6.45) is 0. The number of benzene rings is 1. The molecule has 1 atom stereocenters. The van der Waals surface area contributed by atoms with Crippen LogP contribution in [-0.2, 0) is 9.59 Å². The van der Waals surface area contributed by atoms with Crippen LogP contribution in [0.5, 0.6) is 0 Å². The number of nitrogens with one attached hydrogen (secondary N) is 2. The van der Waals surface area contributed by atoms with Crippen LogP contribution in [0.4, 0.5) is 0 Å². The van der Waals surface area contributed by atoms with Crippen LogP contribution in [0, 0.1) is 5.92 Å². The molecule has 4 nitrogen and oxygen atoms in total. The van der Waals surface area contributed by atoms with Gasteiger partial charge in [-0.25, -0.2) is 0 Å². The highest BCUT2D eigenvalue weighted by Crippen LogP contribution is 2.19. The van der Waals surface area contributed by atoms with Gasteiger partial charge in [-0.05, 0) is 5.56 Å². The Balaban J connectivity index is 2.30. The van der Waals surface area contributed by atoms with Crippen molar-refractivity contribution in [1.29, 1.82) is 0 Å². The highest BCUT2D eigenvalue weighted by Gasteiger charge is 2.16. The molecule has 0 saturated heterocycles. The molecule has 104 valence electrons. The second-order valence-corrected chi connectivity index (χ2v) is 4.95. The molecule has 1 aromatic carbocycles. The number of halogens is 1. The van der Waals surface area contributed by atoms with Crippen molar-refractivity contribution in [3.63, 3.8) is 0 Å². The Hall–Kier alpha value is -1.55. The molecule has 0 aliphatic rings. The Bertz CT molecular complexity index is 421. The van der Waals surface area contributed by atoms with Crippen LogP contribution in [0.25, 0.3) is 0 Å². The van der Waals surface area contributed by atoms with Crippen LogP contribution in [-0.4, -0.2) is 24.9 Å². The van der Waals surface area contributed by atoms with Crippen LogP contribution in [0.1, 0.15) is 24.8 Å². The summed E-state index contributed by atoms with van der Waals surface area (Å²) in [5.74, 6) is -0.341. The van der Waals surface area contributed by atoms with Gasteiger partial charge in [-0.3, -0.25) is 9.59 Å². The van der Waals surface area contributed by atoms with Crippen LogP contribution in [0.2, 0.25) is 0 Å². The van der Waals surface area contributed by atoms with E-state index in [0.29, 0.717) is 13.1 Å². The first kappa shape index (κ1) is 15.5. The van der Waals surface area contributed by atoms with Crippen LogP contribution < -0.4 is 10.6 Å². The molecular weight excluding hydrogens is 264 g/mol. The molecular formula is C14H19ClN2O2. The van der Waals surface area contributed by atoms with Crippen molar-refractivity contribution in [1.82, 2.24) is 10.6 Å². The first-order valence-corrected chi connectivity index (χ1v) is 6.70. The van der Waals surface area contributed by atoms with Crippen LogP contribution in [0.3, 0.4) is 0 Å². The lowest BCUT2D eigenvalue weighted by Gasteiger charge is -2.12. The summed E-state index contributed by atoms with van der Waals surface area (Å²) in [5, 5.41) is 4.70. The minimum absolute atomic E-state index is 0.0280. The van der Waals surface area contributed by atoms with Gasteiger partial charge in [0.05, 0.1) is 0 Å². The second kappa shape index (κ2) is 7.79. The molecule has 0 fully saturated rings. The van der Waals surface area contributed by atoms with Crippen molar-refractivity contribution in [2.45, 2.75) is 19.2 Å². The van der Waals surface area contributed by atoms with Gasteiger partial charge < -0.3 is 10.6 Å². The van der Waals surface area contributed by atoms with Gasteiger partial charge in [-0.2, -0.15) is 0 Å². The monoisotopic (exact) mass is 282 g/mol. The number of carbonyl (C=O) groups excluding carboxylic acids is 2. The summed E-state index contributed by atoms with van der Waals surface area (Å²) in [5.41, 5.74) is 0.757. The zero-order chi connectivity index (χ0) is 14.3. The third-order valence-corrected chi connectivity index (χ3v) is 3.02. The molecule has 0 aliphatic carbocycles. The second-order valence-electron chi connectivity index (χ2n) is 4.51. The van der Waals surface area contributed by atoms with Gasteiger partial charge in [0.15, 0.2) is 0 Å². The zero-order valence-electron chi connectivity index (χ0n) is 11.2. The van der Waals surface area contributed by atoms with Crippen molar-refractivity contribution < 1.29 is 9.59 Å². The maximum absolute atomic E-state index is 11.8. The van der Waals surface area contributed by atoms with E-state index in [1.165, 1.54) is 0 Å². The van der Waals surface area contributed by atoms with E-state index in [1.54, 1.807) is 12.1 Å². The molecule has 1 rings (SSSR count). The number of hydrogen-bond acceptors (Lipinski definition) is 2. The molecule has 0 aliphatic heterocycles. The molecule has 0 saturated carbocycles. The molecule has 1 unspecified atom stereocenters. The first-order chi connectivity index (χ1) is 9.02. The van der Waals surface area contributed by atoms with E-state index in [2.05, 4.69) is 10.6 Å². The maximum atomic E-state index is 11.8. The Morgan fingerprint density at radius 2 is 1.58 bits per heavy atom. The van der Waals surface area contributed by atoms with Gasteiger partial charge in [0, 0.05) is 19.0 Å². The fourth-order valence-corrected chi connectivity index (χ4v) is 1.66. The number of alkyl halides is 1. The first-order valence-electron chi connectivity index (χ1n) is 6.26. The molecule has 0 spiro atoms. The fraction of sp³-hybridized carbons (Fsp3) is 0.429. The van der Waals surface area contributed by atoms with Gasteiger partial charge >= 0.3 is 0 Å². The van der Waals surface area contributed by atoms with Crippen molar-refractivity contribution in [3.8, 4) is 0 Å². The lowest BCUT2D eigenvalue weighted by atomic mass is 10.1. The number of carbonyl (C=O) groups is 2. The predicted octanol–water partition coefficient (Wildman–Crippen LogP) is 1.85. The van der Waals surface area contributed by atoms with E-state index in [-0.39, 0.29) is 17.7 Å². The van der Waals surface area contributed by atoms with Crippen molar-refractivity contribution in [3.05, 3.63) is 35.9 Å². The Morgan fingerprint density at radius 1 is 1.05 bits per heavy atom. The molecule has 0 aromatic heterocycles. The van der Waals surface area contributed by atoms with Gasteiger partial charge in [-0.1, -0.05) is 44.2 Å². The summed E-state index contributed by atoms with van der Waals surface area (Å²) in [6, 6.07) is 9.14. The topological polar surface area (TPSA) is 58.2 Å². The lowest BCUT2D eigenvalue weighted by molar-refractivity contribution is -0.124. The summed E-state index contributed by atoms with van der Waals surface area (Å²) >= 11 is 6.05. The van der Waals surface area contributed by atoms with E-state index in [4.69, 9.17) is 11.6 Å². The minimum Gasteiger partial charge on any atom is -0.354 e. The Labute approximate surface area is 118 Å². The highest BCUT2D eigenvalue weighted by molar-refractivity contribution is 6.30. The fourth-order valence-electron chi connectivity index (χ4n) is 1.44. The Kier molecular flexibility index (Phi) is 6.36. The van der Waals surface area contributed by atoms with Crippen molar-refractivity contribution >= 4 is 23.4 Å². The molecule has 2 amide bonds. The number of hydrogen-bond donors (Lipinski definition) is 2. The minimum atomic E-state index is -0.706. The standard InChI is InChI=1S/C14H19ClN2O2/c1-10(2)13(18)16-8-9-17-14(19)12(15)11-6-4-3-5-7-11/h3-7,10,12H,8-9H2,1-2H3,(H,16,18)(H,17,19). The smallest absolute Gasteiger partial charge is 0.242 e. The summed E-state index contributed by atoms with van der Waals surface area (Å²) in [7, 11) is 0. The average molecular weight is 283 g/mol. The van der Waals surface area contributed by atoms with Gasteiger partial charge in [0.25, 0.3) is 0 Å². The quantitative estimate of drug-likeness (QED) is 0.618. The summed E-state index contributed by atoms with van der Waals surface area (Å²) < 4.78 is 0. The highest BCUT2D eigenvalue weighted by atomic mass is 35.5. The van der Waals surface area contributed by atoms with E-state index in [0.717, 1.165) is 5.56 Å². The normalized spacial score (nSPS) is 12.0. The molecule has 19 heavy (non-hydrogen) atoms. The molecule has 0 radical (unpaired) electrons. The van der Waals surface area contributed by atoms with Crippen molar-refractivity contribution in [2.75, 3.05) is 13.1 Å². The predicted molar refractivity (Wildman–Crippen MR) is 75.9 cm³/mol. The van der Waals surface area contributed by atoms with Gasteiger partial charge in [0.1, 0.15) is 5.38 Å². The van der Waals surface area contributed by atoms with E-state index in [1.807, 2.05) is 32.0 Å². The molecule has 2 N–H and O–H groups in total. The molecule has 0 heterocycles. The number of rotatable bonds is 6. The summed E-state index contributed by atoms with van der Waals surface area (Å²) in [4.78, 5) is 23.1. The van der Waals surface area contributed by atoms with Gasteiger partial charge in [0.2, 0.25) is 11.8 Å². The Morgan fingerprint density at radius 3 is 2.11 bits per heavy atom. The van der Waals surface area contributed by atoms with Crippen molar-refractivity contribution in [2.24, 2.45) is 5.92 Å². The molecule has 0 bridgehead atoms. The lowest BCUT2D eigenvalue weighted by Crippen LogP contribution is -2.37. The third kappa shape index (κ3) is 5.30. The van der Waals surface area contributed by atoms with Gasteiger partial charge in [-0.15, -0.1) is 11.6 Å². The third-order valence-electron chi connectivity index (χ3n) is 2.57. The largest absolute Gasteiger partial charge is 0.354 e. The number of amides is 2. The average Bonchev–Trinajstić information content (AvgIpc) is 2.43. The summed E-state index contributed by atoms with van der Waals surface area (Å²) in [6.45, 7) is 4.41. The molecule has 1 aromatic rings. The van der Waals surface area contributed by atoms with E-state index >= 15 is 0 Å². The van der Waals surface area contributed by atoms with E-state index in [9.17, 15) is 9.59 Å². The SMILES string of the molecule is CC(C)C(=O)NCCNC(=O)C(Cl)c1ccccc1. The van der Waals surface area contributed by atoms with Crippen LogP contribution in [0.15, 0.2) is 30.3 Å². The van der Waals surface area contributed by atoms with Crippen LogP contribution >= 0.6 is 11.6 Å². The van der Waals surface area contributed by atoms with E-state index < -0.39 is 5.38 Å². The zero-order valence-corrected chi connectivity index (χ0v) is 11.9. The maximum Gasteiger partial charge on any atom is 0.242 e. The molecule has 5 heteroatoms.